The van der Waals surface area contributed by atoms with Crippen LogP contribution in [0.4, 0.5) is 0 Å². The van der Waals surface area contributed by atoms with Crippen molar-refractivity contribution in [1.29, 1.82) is 0 Å². The molecule has 74 valence electrons. The van der Waals surface area contributed by atoms with Crippen molar-refractivity contribution in [2.24, 2.45) is 5.73 Å². The number of hydrogen-bond donors (Lipinski definition) is 2. The second-order valence-electron chi connectivity index (χ2n) is 3.19. The largest absolute Gasteiger partial charge is 0.491 e. The predicted molar refractivity (Wildman–Crippen MR) is 57.5 cm³/mol. The highest BCUT2D eigenvalue weighted by Gasteiger charge is 2.01. The molecule has 0 atom stereocenters. The van der Waals surface area contributed by atoms with Crippen molar-refractivity contribution in [3.05, 3.63) is 30.5 Å². The van der Waals surface area contributed by atoms with E-state index in [9.17, 15) is 0 Å². The summed E-state index contributed by atoms with van der Waals surface area (Å²) in [5.41, 5.74) is 6.46. The molecule has 0 bridgehead atoms. The molecule has 0 aliphatic carbocycles. The van der Waals surface area contributed by atoms with E-state index in [1.807, 2.05) is 24.4 Å². The summed E-state index contributed by atoms with van der Waals surface area (Å²) >= 11 is 0. The number of para-hydroxylation sites is 1. The molecule has 0 aliphatic rings. The van der Waals surface area contributed by atoms with E-state index >= 15 is 0 Å². The number of nitrogens with one attached hydrogen (secondary N) is 1. The lowest BCUT2D eigenvalue weighted by atomic mass is 10.2. The minimum atomic E-state index is 0.667. The minimum absolute atomic E-state index is 0.667. The summed E-state index contributed by atoms with van der Waals surface area (Å²) in [6.07, 6.45) is 2.80. The molecule has 0 fully saturated rings. The van der Waals surface area contributed by atoms with E-state index in [4.69, 9.17) is 10.5 Å². The molecule has 0 amide bonds. The molecule has 3 heteroatoms. The van der Waals surface area contributed by atoms with E-state index in [-0.39, 0.29) is 0 Å². The number of hydrogen-bond acceptors (Lipinski definition) is 2. The third-order valence-corrected chi connectivity index (χ3v) is 2.16. The van der Waals surface area contributed by atoms with Gasteiger partial charge in [0.15, 0.2) is 0 Å². The maximum atomic E-state index is 5.61. The summed E-state index contributed by atoms with van der Waals surface area (Å²) in [6, 6.07) is 8.05. The second-order valence-corrected chi connectivity index (χ2v) is 3.19. The highest BCUT2D eigenvalue weighted by atomic mass is 16.5. The van der Waals surface area contributed by atoms with Crippen molar-refractivity contribution in [3.63, 3.8) is 0 Å². The Bertz CT molecular complexity index is 408. The van der Waals surface area contributed by atoms with Crippen molar-refractivity contribution >= 4 is 10.9 Å². The first-order valence-electron chi connectivity index (χ1n) is 4.81. The lowest BCUT2D eigenvalue weighted by Gasteiger charge is -2.05. The Morgan fingerprint density at radius 3 is 3.07 bits per heavy atom. The Hall–Kier alpha value is -1.48. The highest BCUT2D eigenvalue weighted by molar-refractivity contribution is 5.85. The van der Waals surface area contributed by atoms with Crippen LogP contribution >= 0.6 is 0 Å². The number of benzene rings is 1. The number of H-pyrrole nitrogens is 1. The smallest absolute Gasteiger partial charge is 0.143 e. The van der Waals surface area contributed by atoms with Gasteiger partial charge in [-0.1, -0.05) is 12.1 Å². The van der Waals surface area contributed by atoms with E-state index in [0.717, 1.165) is 17.7 Å². The fraction of sp³-hybridized carbons (Fsp3) is 0.273. The lowest BCUT2D eigenvalue weighted by molar-refractivity contribution is 0.316. The lowest BCUT2D eigenvalue weighted by Crippen LogP contribution is -2.06. The summed E-state index contributed by atoms with van der Waals surface area (Å²) in [6.45, 7) is 1.34. The molecule has 3 nitrogen and oxygen atoms in total. The molecule has 1 heterocycles. The van der Waals surface area contributed by atoms with Gasteiger partial charge in [-0.05, 0) is 25.1 Å². The van der Waals surface area contributed by atoms with Gasteiger partial charge in [-0.3, -0.25) is 0 Å². The van der Waals surface area contributed by atoms with Gasteiger partial charge in [0.1, 0.15) is 5.75 Å². The van der Waals surface area contributed by atoms with Crippen LogP contribution in [0.3, 0.4) is 0 Å². The molecule has 2 rings (SSSR count). The Morgan fingerprint density at radius 1 is 1.29 bits per heavy atom. The molecule has 3 N–H and O–H groups in total. The van der Waals surface area contributed by atoms with E-state index < -0.39 is 0 Å². The van der Waals surface area contributed by atoms with Crippen molar-refractivity contribution in [2.45, 2.75) is 6.42 Å². The number of aromatic amines is 1. The van der Waals surface area contributed by atoms with E-state index in [0.29, 0.717) is 13.2 Å². The van der Waals surface area contributed by atoms with Gasteiger partial charge < -0.3 is 15.5 Å². The molecule has 0 saturated heterocycles. The van der Waals surface area contributed by atoms with Gasteiger partial charge in [0, 0.05) is 11.6 Å². The topological polar surface area (TPSA) is 51.0 Å². The average Bonchev–Trinajstić information content (AvgIpc) is 2.67. The van der Waals surface area contributed by atoms with Crippen molar-refractivity contribution in [3.8, 4) is 5.75 Å². The quantitative estimate of drug-likeness (QED) is 0.723. The Labute approximate surface area is 82.9 Å². The van der Waals surface area contributed by atoms with Gasteiger partial charge in [-0.25, -0.2) is 0 Å². The first-order chi connectivity index (χ1) is 6.92. The van der Waals surface area contributed by atoms with Crippen molar-refractivity contribution < 1.29 is 4.74 Å². The molecule has 1 aromatic carbocycles. The monoisotopic (exact) mass is 190 g/mol. The maximum absolute atomic E-state index is 5.61. The van der Waals surface area contributed by atoms with E-state index in [1.165, 1.54) is 5.39 Å². The number of fused-ring (bicyclic) bond motifs is 1. The third kappa shape index (κ3) is 1.72. The maximum Gasteiger partial charge on any atom is 0.143 e. The summed E-state index contributed by atoms with van der Waals surface area (Å²) < 4.78 is 5.61. The molecule has 0 radical (unpaired) electrons. The molecular formula is C11H14N2O. The number of nitrogens with two attached hydrogens (primary N) is 1. The summed E-state index contributed by atoms with van der Waals surface area (Å²) in [5, 5.41) is 1.18. The van der Waals surface area contributed by atoms with Crippen LogP contribution in [0.2, 0.25) is 0 Å². The molecule has 0 spiro atoms. The first kappa shape index (κ1) is 9.09. The second kappa shape index (κ2) is 4.15. The highest BCUT2D eigenvalue weighted by Crippen LogP contribution is 2.23. The molecule has 0 saturated carbocycles. The van der Waals surface area contributed by atoms with Gasteiger partial charge in [0.2, 0.25) is 0 Å². The SMILES string of the molecule is NCCCOc1cccc2cc[nH]c12. The Morgan fingerprint density at radius 2 is 2.21 bits per heavy atom. The molecular weight excluding hydrogens is 176 g/mol. The normalized spacial score (nSPS) is 10.6. The van der Waals surface area contributed by atoms with Gasteiger partial charge in [0.25, 0.3) is 0 Å². The predicted octanol–water partition coefficient (Wildman–Crippen LogP) is 1.90. The fourth-order valence-electron chi connectivity index (χ4n) is 1.44. The number of aromatic nitrogens is 1. The van der Waals surface area contributed by atoms with Gasteiger partial charge >= 0.3 is 0 Å². The van der Waals surface area contributed by atoms with Crippen LogP contribution in [-0.2, 0) is 0 Å². The molecule has 0 aliphatic heterocycles. The average molecular weight is 190 g/mol. The molecule has 2 aromatic rings. The zero-order valence-electron chi connectivity index (χ0n) is 7.99. The third-order valence-electron chi connectivity index (χ3n) is 2.16. The van der Waals surface area contributed by atoms with Crippen LogP contribution in [0.15, 0.2) is 30.5 Å². The van der Waals surface area contributed by atoms with Crippen LogP contribution in [0.1, 0.15) is 6.42 Å². The summed E-state index contributed by atoms with van der Waals surface area (Å²) in [7, 11) is 0. The molecule has 1 aromatic heterocycles. The zero-order chi connectivity index (χ0) is 9.80. The molecule has 14 heavy (non-hydrogen) atoms. The van der Waals surface area contributed by atoms with E-state index in [1.54, 1.807) is 0 Å². The van der Waals surface area contributed by atoms with Gasteiger partial charge in [-0.2, -0.15) is 0 Å². The van der Waals surface area contributed by atoms with Crippen LogP contribution in [0.25, 0.3) is 10.9 Å². The van der Waals surface area contributed by atoms with Crippen molar-refractivity contribution in [1.82, 2.24) is 4.98 Å². The minimum Gasteiger partial charge on any atom is -0.491 e. The van der Waals surface area contributed by atoms with Gasteiger partial charge in [0.05, 0.1) is 12.1 Å². The van der Waals surface area contributed by atoms with Gasteiger partial charge in [-0.15, -0.1) is 0 Å². The molecule has 0 unspecified atom stereocenters. The Balaban J connectivity index is 2.19. The zero-order valence-corrected chi connectivity index (χ0v) is 7.99. The van der Waals surface area contributed by atoms with E-state index in [2.05, 4.69) is 11.1 Å². The number of ether oxygens (including phenoxy) is 1. The fourth-order valence-corrected chi connectivity index (χ4v) is 1.44. The van der Waals surface area contributed by atoms with Crippen LogP contribution in [0.5, 0.6) is 5.75 Å². The van der Waals surface area contributed by atoms with Crippen LogP contribution in [-0.4, -0.2) is 18.1 Å². The summed E-state index contributed by atoms with van der Waals surface area (Å²) in [5.74, 6) is 0.904. The standard InChI is InChI=1S/C11H14N2O/c12-6-2-8-14-10-4-1-3-9-5-7-13-11(9)10/h1,3-5,7,13H,2,6,8,12H2. The van der Waals surface area contributed by atoms with Crippen molar-refractivity contribution in [2.75, 3.05) is 13.2 Å². The van der Waals surface area contributed by atoms with Crippen LogP contribution < -0.4 is 10.5 Å². The van der Waals surface area contributed by atoms with Crippen LogP contribution in [0, 0.1) is 0 Å². The Kier molecular flexibility index (Phi) is 2.70. The summed E-state index contributed by atoms with van der Waals surface area (Å²) in [4.78, 5) is 3.16. The number of rotatable bonds is 4. The first-order valence-corrected chi connectivity index (χ1v) is 4.81.